The first-order valence-corrected chi connectivity index (χ1v) is 11.3. The van der Waals surface area contributed by atoms with Gasteiger partial charge >= 0.3 is 0 Å². The number of carbonyl (C=O) groups excluding carboxylic acids is 2. The number of carbonyl (C=O) groups is 2. The number of amides is 2. The van der Waals surface area contributed by atoms with Gasteiger partial charge in [0.2, 0.25) is 5.91 Å². The highest BCUT2D eigenvalue weighted by Crippen LogP contribution is 2.19. The van der Waals surface area contributed by atoms with Crippen LogP contribution in [-0.2, 0) is 17.8 Å². The Morgan fingerprint density at radius 1 is 1.00 bits per heavy atom. The molecule has 4 rings (SSSR count). The van der Waals surface area contributed by atoms with Crippen molar-refractivity contribution in [2.75, 3.05) is 18.0 Å². The lowest BCUT2D eigenvalue weighted by Crippen LogP contribution is -2.34. The minimum Gasteiger partial charge on any atom is -0.352 e. The Kier molecular flexibility index (Phi) is 7.05. The van der Waals surface area contributed by atoms with Crippen LogP contribution in [0.15, 0.2) is 78.9 Å². The van der Waals surface area contributed by atoms with Crippen molar-refractivity contribution in [3.8, 4) is 0 Å². The average molecular weight is 461 g/mol. The zero-order valence-corrected chi connectivity index (χ0v) is 19.1. The summed E-state index contributed by atoms with van der Waals surface area (Å²) in [4.78, 5) is 32.2. The van der Waals surface area contributed by atoms with Crippen LogP contribution in [0.2, 0.25) is 5.02 Å². The Hall–Kier alpha value is -3.64. The summed E-state index contributed by atoms with van der Waals surface area (Å²) in [6.45, 7) is 3.09. The second kappa shape index (κ2) is 10.3. The number of para-hydroxylation sites is 3. The van der Waals surface area contributed by atoms with Crippen LogP contribution in [0.1, 0.15) is 23.1 Å². The van der Waals surface area contributed by atoms with Gasteiger partial charge in [-0.15, -0.1) is 0 Å². The SMILES string of the molecule is CCN(C(=O)Cn1c(CCNC(=O)c2cccc(Cl)c2)nc2ccccc21)c1ccccc1. The van der Waals surface area contributed by atoms with Gasteiger partial charge in [-0.25, -0.2) is 4.98 Å². The van der Waals surface area contributed by atoms with Gasteiger partial charge in [-0.2, -0.15) is 0 Å². The fourth-order valence-electron chi connectivity index (χ4n) is 3.84. The molecule has 0 bridgehead atoms. The van der Waals surface area contributed by atoms with Crippen LogP contribution >= 0.6 is 11.6 Å². The molecule has 0 aliphatic heterocycles. The second-order valence-electron chi connectivity index (χ2n) is 7.59. The molecule has 0 aliphatic carbocycles. The van der Waals surface area contributed by atoms with Gasteiger partial charge in [-0.1, -0.05) is 48.0 Å². The van der Waals surface area contributed by atoms with Crippen LogP contribution in [0.25, 0.3) is 11.0 Å². The summed E-state index contributed by atoms with van der Waals surface area (Å²) in [5, 5.41) is 3.43. The summed E-state index contributed by atoms with van der Waals surface area (Å²) in [7, 11) is 0. The van der Waals surface area contributed by atoms with Crippen molar-refractivity contribution in [1.29, 1.82) is 0 Å². The van der Waals surface area contributed by atoms with E-state index in [9.17, 15) is 9.59 Å². The van der Waals surface area contributed by atoms with Gasteiger partial charge in [0.25, 0.3) is 5.91 Å². The monoisotopic (exact) mass is 460 g/mol. The van der Waals surface area contributed by atoms with Crippen molar-refractivity contribution in [2.45, 2.75) is 19.9 Å². The van der Waals surface area contributed by atoms with Gasteiger partial charge in [0.15, 0.2) is 0 Å². The van der Waals surface area contributed by atoms with Crippen molar-refractivity contribution in [3.63, 3.8) is 0 Å². The van der Waals surface area contributed by atoms with Crippen LogP contribution in [0.3, 0.4) is 0 Å². The Balaban J connectivity index is 1.52. The number of aromatic nitrogens is 2. The fraction of sp³-hybridized carbons (Fsp3) is 0.192. The van der Waals surface area contributed by atoms with E-state index in [1.807, 2.05) is 66.1 Å². The number of benzene rings is 3. The standard InChI is InChI=1S/C26H25ClN4O2/c1-2-30(21-11-4-3-5-12-21)25(32)18-31-23-14-7-6-13-22(23)29-24(31)15-16-28-26(33)19-9-8-10-20(27)17-19/h3-14,17H,2,15-16,18H2,1H3,(H,28,33). The minimum atomic E-state index is -0.197. The first kappa shape index (κ1) is 22.6. The number of hydrogen-bond donors (Lipinski definition) is 1. The van der Waals surface area contributed by atoms with E-state index in [0.29, 0.717) is 30.1 Å². The van der Waals surface area contributed by atoms with Crippen molar-refractivity contribution in [1.82, 2.24) is 14.9 Å². The third-order valence-corrected chi connectivity index (χ3v) is 5.67. The summed E-state index contributed by atoms with van der Waals surface area (Å²) in [6.07, 6.45) is 0.492. The minimum absolute atomic E-state index is 0.0175. The van der Waals surface area contributed by atoms with Crippen LogP contribution in [0.5, 0.6) is 0 Å². The van der Waals surface area contributed by atoms with Gasteiger partial charge in [-0.05, 0) is 49.4 Å². The molecule has 1 N–H and O–H groups in total. The molecule has 1 aromatic heterocycles. The Morgan fingerprint density at radius 3 is 2.52 bits per heavy atom. The topological polar surface area (TPSA) is 67.2 Å². The number of hydrogen-bond acceptors (Lipinski definition) is 3. The highest BCUT2D eigenvalue weighted by Gasteiger charge is 2.18. The van der Waals surface area contributed by atoms with E-state index in [1.165, 1.54) is 0 Å². The number of fused-ring (bicyclic) bond motifs is 1. The molecule has 0 saturated carbocycles. The molecule has 0 spiro atoms. The fourth-order valence-corrected chi connectivity index (χ4v) is 4.03. The predicted octanol–water partition coefficient (Wildman–Crippen LogP) is 4.72. The van der Waals surface area contributed by atoms with Gasteiger partial charge in [0.1, 0.15) is 12.4 Å². The maximum atomic E-state index is 13.2. The van der Waals surface area contributed by atoms with Crippen molar-refractivity contribution < 1.29 is 9.59 Å². The Labute approximate surface area is 197 Å². The van der Waals surface area contributed by atoms with Crippen LogP contribution in [0.4, 0.5) is 5.69 Å². The third-order valence-electron chi connectivity index (χ3n) is 5.43. The van der Waals surface area contributed by atoms with Gasteiger partial charge in [-0.3, -0.25) is 9.59 Å². The summed E-state index contributed by atoms with van der Waals surface area (Å²) < 4.78 is 1.94. The largest absolute Gasteiger partial charge is 0.352 e. The van der Waals surface area contributed by atoms with E-state index in [2.05, 4.69) is 5.32 Å². The third kappa shape index (κ3) is 5.23. The van der Waals surface area contributed by atoms with E-state index < -0.39 is 0 Å². The number of imidazole rings is 1. The number of rotatable bonds is 8. The number of nitrogens with zero attached hydrogens (tertiary/aromatic N) is 3. The van der Waals surface area contributed by atoms with Crippen molar-refractivity contribution in [2.24, 2.45) is 0 Å². The molecule has 4 aromatic rings. The average Bonchev–Trinajstić information content (AvgIpc) is 3.17. The zero-order chi connectivity index (χ0) is 23.2. The van der Waals surface area contributed by atoms with Crippen LogP contribution < -0.4 is 10.2 Å². The van der Waals surface area contributed by atoms with Gasteiger partial charge < -0.3 is 14.8 Å². The molecule has 0 unspecified atom stereocenters. The predicted molar refractivity (Wildman–Crippen MR) is 132 cm³/mol. The molecular formula is C26H25ClN4O2. The number of halogens is 1. The molecule has 168 valence electrons. The smallest absolute Gasteiger partial charge is 0.251 e. The van der Waals surface area contributed by atoms with E-state index in [1.54, 1.807) is 29.2 Å². The lowest BCUT2D eigenvalue weighted by molar-refractivity contribution is -0.119. The molecule has 0 fully saturated rings. The van der Waals surface area contributed by atoms with Crippen molar-refractivity contribution in [3.05, 3.63) is 95.3 Å². The molecule has 0 aliphatic rings. The summed E-state index contributed by atoms with van der Waals surface area (Å²) >= 11 is 5.99. The maximum Gasteiger partial charge on any atom is 0.251 e. The van der Waals surface area contributed by atoms with Gasteiger partial charge in [0, 0.05) is 35.8 Å². The summed E-state index contributed by atoms with van der Waals surface area (Å²) in [5.41, 5.74) is 3.09. The maximum absolute atomic E-state index is 13.2. The van der Waals surface area contributed by atoms with E-state index in [-0.39, 0.29) is 18.4 Å². The van der Waals surface area contributed by atoms with Gasteiger partial charge in [0.05, 0.1) is 11.0 Å². The molecule has 0 radical (unpaired) electrons. The molecule has 1 heterocycles. The summed E-state index contributed by atoms with van der Waals surface area (Å²) in [6, 6.07) is 24.2. The van der Waals surface area contributed by atoms with E-state index in [4.69, 9.17) is 16.6 Å². The van der Waals surface area contributed by atoms with Crippen LogP contribution in [0, 0.1) is 0 Å². The van der Waals surface area contributed by atoms with E-state index in [0.717, 1.165) is 22.5 Å². The molecule has 2 amide bonds. The van der Waals surface area contributed by atoms with Crippen molar-refractivity contribution >= 4 is 40.1 Å². The highest BCUT2D eigenvalue weighted by atomic mass is 35.5. The first-order valence-electron chi connectivity index (χ1n) is 10.9. The first-order chi connectivity index (χ1) is 16.1. The molecule has 6 nitrogen and oxygen atoms in total. The summed E-state index contributed by atoms with van der Waals surface area (Å²) in [5.74, 6) is 0.536. The highest BCUT2D eigenvalue weighted by molar-refractivity contribution is 6.30. The Bertz CT molecular complexity index is 1270. The molecule has 0 atom stereocenters. The quantitative estimate of drug-likeness (QED) is 0.414. The Morgan fingerprint density at radius 2 is 1.76 bits per heavy atom. The molecule has 3 aromatic carbocycles. The molecule has 7 heteroatoms. The number of nitrogens with one attached hydrogen (secondary N) is 1. The lowest BCUT2D eigenvalue weighted by Gasteiger charge is -2.22. The second-order valence-corrected chi connectivity index (χ2v) is 8.03. The van der Waals surface area contributed by atoms with Crippen LogP contribution in [-0.4, -0.2) is 34.5 Å². The number of likely N-dealkylation sites (N-methyl/N-ethyl adjacent to an activating group) is 1. The number of anilines is 1. The van der Waals surface area contributed by atoms with E-state index >= 15 is 0 Å². The lowest BCUT2D eigenvalue weighted by atomic mass is 10.2. The molecular weight excluding hydrogens is 436 g/mol. The molecule has 0 saturated heterocycles. The zero-order valence-electron chi connectivity index (χ0n) is 18.4. The normalized spacial score (nSPS) is 10.8. The molecule has 33 heavy (non-hydrogen) atoms.